The zero-order valence-corrected chi connectivity index (χ0v) is 18.3. The molecule has 0 atom stereocenters. The maximum atomic E-state index is 12.0. The van der Waals surface area contributed by atoms with Crippen LogP contribution in [0.3, 0.4) is 0 Å². The minimum Gasteiger partial charge on any atom is -0.459 e. The summed E-state index contributed by atoms with van der Waals surface area (Å²) in [6.45, 7) is 10.6. The summed E-state index contributed by atoms with van der Waals surface area (Å²) in [5.41, 5.74) is 1.14. The van der Waals surface area contributed by atoms with Gasteiger partial charge in [0.2, 0.25) is 0 Å². The van der Waals surface area contributed by atoms with Crippen LogP contribution < -0.4 is 16.0 Å². The second-order valence-corrected chi connectivity index (χ2v) is 7.82. The molecule has 0 radical (unpaired) electrons. The Kier molecular flexibility index (Phi) is 10.0. The van der Waals surface area contributed by atoms with E-state index < -0.39 is 0 Å². The molecule has 1 amide bonds. The van der Waals surface area contributed by atoms with Crippen LogP contribution in [0.4, 0.5) is 0 Å². The summed E-state index contributed by atoms with van der Waals surface area (Å²) >= 11 is 0. The number of aliphatic imine (C=N–C) groups is 1. The highest BCUT2D eigenvalue weighted by Gasteiger charge is 2.33. The number of guanidine groups is 1. The first-order valence-corrected chi connectivity index (χ1v) is 11.0. The van der Waals surface area contributed by atoms with Crippen LogP contribution in [0.1, 0.15) is 68.5 Å². The van der Waals surface area contributed by atoms with Gasteiger partial charge < -0.3 is 25.1 Å². The van der Waals surface area contributed by atoms with Crippen molar-refractivity contribution in [1.29, 1.82) is 0 Å². The molecular formula is C22H38N4O3. The minimum absolute atomic E-state index is 0.162. The Morgan fingerprint density at radius 3 is 2.62 bits per heavy atom. The third-order valence-corrected chi connectivity index (χ3v) is 5.56. The molecule has 0 aromatic carbocycles. The first-order chi connectivity index (χ1) is 14.1. The van der Waals surface area contributed by atoms with Crippen LogP contribution in [-0.4, -0.2) is 51.3 Å². The predicted molar refractivity (Wildman–Crippen MR) is 116 cm³/mol. The van der Waals surface area contributed by atoms with E-state index >= 15 is 0 Å². The van der Waals surface area contributed by atoms with E-state index in [1.807, 2.05) is 13.8 Å². The minimum atomic E-state index is -0.162. The summed E-state index contributed by atoms with van der Waals surface area (Å²) in [6, 6.07) is 1.79. The van der Waals surface area contributed by atoms with Gasteiger partial charge in [-0.2, -0.15) is 0 Å². The Hall–Kier alpha value is -2.02. The summed E-state index contributed by atoms with van der Waals surface area (Å²) in [5, 5.41) is 9.60. The largest absolute Gasteiger partial charge is 0.459 e. The molecule has 0 saturated heterocycles. The fraction of sp³-hybridized carbons (Fsp3) is 0.727. The monoisotopic (exact) mass is 406 g/mol. The lowest BCUT2D eigenvalue weighted by Crippen LogP contribution is -2.39. The normalized spacial score (nSPS) is 16.0. The standard InChI is InChI=1S/C22H38N4O3/c1-4-23-21(26-17-22(10-6-7-11-22)12-16-28-5-2)25-14-8-13-24-20(27)19-18(3)9-15-29-19/h9,15H,4-8,10-14,16-17H2,1-3H3,(H,24,27)(H2,23,25,26). The molecule has 164 valence electrons. The van der Waals surface area contributed by atoms with Crippen LogP contribution in [0.25, 0.3) is 0 Å². The number of nitrogens with one attached hydrogen (secondary N) is 3. The van der Waals surface area contributed by atoms with Crippen molar-refractivity contribution in [3.8, 4) is 0 Å². The van der Waals surface area contributed by atoms with E-state index in [1.165, 1.54) is 31.9 Å². The second-order valence-electron chi connectivity index (χ2n) is 7.82. The number of hydrogen-bond donors (Lipinski definition) is 3. The molecule has 1 saturated carbocycles. The van der Waals surface area contributed by atoms with Gasteiger partial charge in [-0.05, 0) is 57.9 Å². The SMILES string of the molecule is CCNC(=NCC1(CCOCC)CCCC1)NCCCNC(=O)c1occc1C. The van der Waals surface area contributed by atoms with Crippen LogP contribution in [0.2, 0.25) is 0 Å². The topological polar surface area (TPSA) is 87.9 Å². The zero-order valence-electron chi connectivity index (χ0n) is 18.3. The van der Waals surface area contributed by atoms with Gasteiger partial charge in [0.15, 0.2) is 11.7 Å². The molecule has 1 aliphatic rings. The fourth-order valence-corrected chi connectivity index (χ4v) is 3.82. The first kappa shape index (κ1) is 23.3. The summed E-state index contributed by atoms with van der Waals surface area (Å²) in [7, 11) is 0. The lowest BCUT2D eigenvalue weighted by Gasteiger charge is -2.27. The summed E-state index contributed by atoms with van der Waals surface area (Å²) in [4.78, 5) is 16.9. The van der Waals surface area contributed by atoms with Crippen molar-refractivity contribution in [2.45, 2.75) is 59.3 Å². The summed E-state index contributed by atoms with van der Waals surface area (Å²) < 4.78 is 10.8. The Morgan fingerprint density at radius 2 is 1.97 bits per heavy atom. The van der Waals surface area contributed by atoms with E-state index in [1.54, 1.807) is 6.07 Å². The quantitative estimate of drug-likeness (QED) is 0.282. The number of carbonyl (C=O) groups excluding carboxylic acids is 1. The zero-order chi connectivity index (χ0) is 21.0. The number of amides is 1. The molecule has 3 N–H and O–H groups in total. The number of ether oxygens (including phenoxy) is 1. The predicted octanol–water partition coefficient (Wildman–Crippen LogP) is 3.25. The smallest absolute Gasteiger partial charge is 0.287 e. The Bertz CT molecular complexity index is 636. The molecule has 7 nitrogen and oxygen atoms in total. The van der Waals surface area contributed by atoms with Crippen LogP contribution in [0.5, 0.6) is 0 Å². The van der Waals surface area contributed by atoms with Crippen molar-refractivity contribution in [3.05, 3.63) is 23.7 Å². The molecule has 1 fully saturated rings. The van der Waals surface area contributed by atoms with E-state index in [-0.39, 0.29) is 11.3 Å². The van der Waals surface area contributed by atoms with Gasteiger partial charge in [0.05, 0.1) is 6.26 Å². The highest BCUT2D eigenvalue weighted by molar-refractivity contribution is 5.92. The van der Waals surface area contributed by atoms with Crippen molar-refractivity contribution in [2.24, 2.45) is 10.4 Å². The van der Waals surface area contributed by atoms with E-state index in [0.29, 0.717) is 12.3 Å². The molecule has 0 spiro atoms. The number of aryl methyl sites for hydroxylation is 1. The highest BCUT2D eigenvalue weighted by Crippen LogP contribution is 2.41. The fourth-order valence-electron chi connectivity index (χ4n) is 3.82. The first-order valence-electron chi connectivity index (χ1n) is 11.0. The van der Waals surface area contributed by atoms with Crippen LogP contribution in [0.15, 0.2) is 21.7 Å². The molecule has 29 heavy (non-hydrogen) atoms. The Balaban J connectivity index is 1.75. The van der Waals surface area contributed by atoms with Gasteiger partial charge in [0.25, 0.3) is 5.91 Å². The molecule has 1 aromatic rings. The van der Waals surface area contributed by atoms with Gasteiger partial charge in [-0.1, -0.05) is 12.8 Å². The second kappa shape index (κ2) is 12.5. The molecule has 1 aliphatic carbocycles. The van der Waals surface area contributed by atoms with Gasteiger partial charge >= 0.3 is 0 Å². The van der Waals surface area contributed by atoms with Gasteiger partial charge in [0.1, 0.15) is 0 Å². The van der Waals surface area contributed by atoms with Gasteiger partial charge in [-0.3, -0.25) is 9.79 Å². The van der Waals surface area contributed by atoms with Gasteiger partial charge in [-0.15, -0.1) is 0 Å². The lowest BCUT2D eigenvalue weighted by atomic mass is 9.83. The Labute approximate surface area is 175 Å². The van der Waals surface area contributed by atoms with Crippen molar-refractivity contribution >= 4 is 11.9 Å². The van der Waals surface area contributed by atoms with E-state index in [2.05, 4.69) is 22.9 Å². The van der Waals surface area contributed by atoms with Crippen molar-refractivity contribution in [1.82, 2.24) is 16.0 Å². The lowest BCUT2D eigenvalue weighted by molar-refractivity contribution is 0.0924. The number of furan rings is 1. The summed E-state index contributed by atoms with van der Waals surface area (Å²) in [6.07, 6.45) is 8.49. The van der Waals surface area contributed by atoms with E-state index in [9.17, 15) is 4.79 Å². The molecule has 2 rings (SSSR count). The average molecular weight is 407 g/mol. The highest BCUT2D eigenvalue weighted by atomic mass is 16.5. The molecule has 0 unspecified atom stereocenters. The van der Waals surface area contributed by atoms with Crippen molar-refractivity contribution < 1.29 is 13.9 Å². The number of hydrogen-bond acceptors (Lipinski definition) is 4. The molecule has 0 aliphatic heterocycles. The van der Waals surface area contributed by atoms with E-state index in [0.717, 1.165) is 57.2 Å². The van der Waals surface area contributed by atoms with Crippen LogP contribution in [0, 0.1) is 12.3 Å². The van der Waals surface area contributed by atoms with Crippen molar-refractivity contribution in [2.75, 3.05) is 39.4 Å². The number of nitrogens with zero attached hydrogens (tertiary/aromatic N) is 1. The maximum Gasteiger partial charge on any atom is 0.287 e. The molecule has 7 heteroatoms. The maximum absolute atomic E-state index is 12.0. The Morgan fingerprint density at radius 1 is 1.21 bits per heavy atom. The third-order valence-electron chi connectivity index (χ3n) is 5.56. The molecule has 0 bridgehead atoms. The van der Waals surface area contributed by atoms with Crippen LogP contribution in [-0.2, 0) is 4.74 Å². The van der Waals surface area contributed by atoms with Crippen LogP contribution >= 0.6 is 0 Å². The third kappa shape index (κ3) is 7.72. The molecule has 1 heterocycles. The summed E-state index contributed by atoms with van der Waals surface area (Å²) in [5.74, 6) is 1.08. The molecule has 1 aromatic heterocycles. The van der Waals surface area contributed by atoms with Gasteiger partial charge in [-0.25, -0.2) is 0 Å². The van der Waals surface area contributed by atoms with Crippen molar-refractivity contribution in [3.63, 3.8) is 0 Å². The number of carbonyl (C=O) groups is 1. The van der Waals surface area contributed by atoms with E-state index in [4.69, 9.17) is 14.1 Å². The van der Waals surface area contributed by atoms with Gasteiger partial charge in [0, 0.05) is 45.0 Å². The molecular weight excluding hydrogens is 368 g/mol. The number of rotatable bonds is 12. The average Bonchev–Trinajstić information content (AvgIpc) is 3.35.